The minimum atomic E-state index is 0.0749. The summed E-state index contributed by atoms with van der Waals surface area (Å²) in [6.07, 6.45) is 0. The highest BCUT2D eigenvalue weighted by Crippen LogP contribution is 2.19. The fraction of sp³-hybridized carbons (Fsp3) is 0.733. The van der Waals surface area contributed by atoms with Crippen LogP contribution < -0.4 is 5.32 Å². The van der Waals surface area contributed by atoms with Crippen molar-refractivity contribution in [2.75, 3.05) is 32.9 Å². The van der Waals surface area contributed by atoms with Gasteiger partial charge in [-0.15, -0.1) is 11.8 Å². The average Bonchev–Trinajstić information content (AvgIpc) is 2.66. The summed E-state index contributed by atoms with van der Waals surface area (Å²) in [5.74, 6) is 2.14. The molecule has 1 heterocycles. The Morgan fingerprint density at radius 3 is 2.57 bits per heavy atom. The van der Waals surface area contributed by atoms with Gasteiger partial charge in [-0.1, -0.05) is 19.0 Å². The minimum Gasteiger partial charge on any atom is -0.361 e. The Kier molecular flexibility index (Phi) is 6.74. The third kappa shape index (κ3) is 6.52. The van der Waals surface area contributed by atoms with Gasteiger partial charge in [0.15, 0.2) is 0 Å². The fourth-order valence-corrected chi connectivity index (χ4v) is 3.26. The number of aromatic nitrogens is 1. The first-order valence-electron chi connectivity index (χ1n) is 7.12. The van der Waals surface area contributed by atoms with Crippen molar-refractivity contribution >= 4 is 17.7 Å². The Morgan fingerprint density at radius 2 is 2.05 bits per heavy atom. The smallest absolute Gasteiger partial charge is 0.230 e. The molecule has 0 radical (unpaired) electrons. The molecular formula is C15H27N3O2S. The highest BCUT2D eigenvalue weighted by Gasteiger charge is 2.19. The maximum Gasteiger partial charge on any atom is 0.230 e. The van der Waals surface area contributed by atoms with Crippen molar-refractivity contribution in [2.45, 2.75) is 33.4 Å². The number of hydrogen-bond donors (Lipinski definition) is 1. The molecule has 0 aliphatic heterocycles. The molecule has 0 spiro atoms. The molecule has 1 aromatic rings. The van der Waals surface area contributed by atoms with Gasteiger partial charge in [0, 0.05) is 24.4 Å². The van der Waals surface area contributed by atoms with Gasteiger partial charge in [-0.25, -0.2) is 0 Å². The molecule has 120 valence electrons. The topological polar surface area (TPSA) is 58.4 Å². The van der Waals surface area contributed by atoms with E-state index in [4.69, 9.17) is 4.52 Å². The molecular weight excluding hydrogens is 286 g/mol. The van der Waals surface area contributed by atoms with E-state index in [0.29, 0.717) is 12.3 Å². The second kappa shape index (κ2) is 7.84. The summed E-state index contributed by atoms with van der Waals surface area (Å²) in [6, 6.07) is 0. The maximum absolute atomic E-state index is 11.9. The fourth-order valence-electron chi connectivity index (χ4n) is 2.25. The number of aryl methyl sites for hydroxylation is 2. The molecule has 0 bridgehead atoms. The summed E-state index contributed by atoms with van der Waals surface area (Å²) in [4.78, 5) is 14.0. The van der Waals surface area contributed by atoms with Gasteiger partial charge in [-0.3, -0.25) is 4.79 Å². The molecule has 1 amide bonds. The quantitative estimate of drug-likeness (QED) is 0.797. The Balaban J connectivity index is 2.29. The molecule has 21 heavy (non-hydrogen) atoms. The van der Waals surface area contributed by atoms with E-state index in [9.17, 15) is 4.79 Å². The summed E-state index contributed by atoms with van der Waals surface area (Å²) in [5.41, 5.74) is 2.08. The van der Waals surface area contributed by atoms with Gasteiger partial charge in [0.05, 0.1) is 11.4 Å². The first-order chi connectivity index (χ1) is 9.71. The van der Waals surface area contributed by atoms with Crippen LogP contribution in [0, 0.1) is 19.3 Å². The molecule has 0 fully saturated rings. The van der Waals surface area contributed by atoms with E-state index in [1.807, 2.05) is 27.9 Å². The van der Waals surface area contributed by atoms with Crippen LogP contribution in [0.1, 0.15) is 30.9 Å². The van der Waals surface area contributed by atoms with Crippen LogP contribution in [0.15, 0.2) is 4.52 Å². The van der Waals surface area contributed by atoms with Gasteiger partial charge in [0.25, 0.3) is 0 Å². The van der Waals surface area contributed by atoms with E-state index < -0.39 is 0 Å². The number of thioether (sulfide) groups is 1. The standard InChI is InChI=1S/C15H27N3O2S/c1-11-13(12(2)20-17-11)7-21-8-14(19)16-9-15(3,4)10-18(5)6/h7-10H2,1-6H3,(H,16,19). The van der Waals surface area contributed by atoms with Crippen LogP contribution in [0.25, 0.3) is 0 Å². The van der Waals surface area contributed by atoms with Gasteiger partial charge in [-0.05, 0) is 33.4 Å². The van der Waals surface area contributed by atoms with Crippen molar-refractivity contribution in [3.63, 3.8) is 0 Å². The molecule has 1 N–H and O–H groups in total. The lowest BCUT2D eigenvalue weighted by molar-refractivity contribution is -0.119. The van der Waals surface area contributed by atoms with Gasteiger partial charge < -0.3 is 14.7 Å². The predicted octanol–water partition coefficient (Wildman–Crippen LogP) is 2.23. The number of carbonyl (C=O) groups excluding carboxylic acids is 1. The molecule has 1 rings (SSSR count). The molecule has 0 unspecified atom stereocenters. The van der Waals surface area contributed by atoms with Crippen molar-refractivity contribution in [1.82, 2.24) is 15.4 Å². The Morgan fingerprint density at radius 1 is 1.38 bits per heavy atom. The largest absolute Gasteiger partial charge is 0.361 e. The Bertz CT molecular complexity index is 450. The number of nitrogens with zero attached hydrogens (tertiary/aromatic N) is 2. The Hall–Kier alpha value is -1.01. The van der Waals surface area contributed by atoms with Gasteiger partial charge in [-0.2, -0.15) is 0 Å². The zero-order valence-corrected chi connectivity index (χ0v) is 14.8. The van der Waals surface area contributed by atoms with Crippen molar-refractivity contribution in [2.24, 2.45) is 5.41 Å². The van der Waals surface area contributed by atoms with Gasteiger partial charge in [0.1, 0.15) is 5.76 Å². The highest BCUT2D eigenvalue weighted by atomic mass is 32.2. The molecule has 0 aliphatic rings. The molecule has 5 nitrogen and oxygen atoms in total. The van der Waals surface area contributed by atoms with E-state index in [-0.39, 0.29) is 11.3 Å². The van der Waals surface area contributed by atoms with Crippen LogP contribution in [0.2, 0.25) is 0 Å². The molecule has 0 aromatic carbocycles. The molecule has 0 saturated heterocycles. The summed E-state index contributed by atoms with van der Waals surface area (Å²) in [7, 11) is 4.09. The first kappa shape index (κ1) is 18.0. The van der Waals surface area contributed by atoms with Crippen molar-refractivity contribution in [3.05, 3.63) is 17.0 Å². The van der Waals surface area contributed by atoms with Crippen LogP contribution in [-0.2, 0) is 10.5 Å². The van der Waals surface area contributed by atoms with E-state index in [1.165, 1.54) is 0 Å². The lowest BCUT2D eigenvalue weighted by Crippen LogP contribution is -2.40. The second-order valence-electron chi connectivity index (χ2n) is 6.47. The van der Waals surface area contributed by atoms with Crippen LogP contribution >= 0.6 is 11.8 Å². The number of amides is 1. The molecule has 0 atom stereocenters. The van der Waals surface area contributed by atoms with Crippen LogP contribution in [0.4, 0.5) is 0 Å². The summed E-state index contributed by atoms with van der Waals surface area (Å²) in [5, 5.41) is 6.93. The summed E-state index contributed by atoms with van der Waals surface area (Å²) in [6.45, 7) is 9.78. The van der Waals surface area contributed by atoms with Gasteiger partial charge >= 0.3 is 0 Å². The van der Waals surface area contributed by atoms with Crippen molar-refractivity contribution < 1.29 is 9.32 Å². The minimum absolute atomic E-state index is 0.0749. The monoisotopic (exact) mass is 313 g/mol. The summed E-state index contributed by atoms with van der Waals surface area (Å²) >= 11 is 1.59. The van der Waals surface area contributed by atoms with Crippen LogP contribution in [0.5, 0.6) is 0 Å². The predicted molar refractivity (Wildman–Crippen MR) is 87.5 cm³/mol. The van der Waals surface area contributed by atoms with Crippen LogP contribution in [0.3, 0.4) is 0 Å². The average molecular weight is 313 g/mol. The van der Waals surface area contributed by atoms with Crippen LogP contribution in [-0.4, -0.2) is 48.9 Å². The molecule has 6 heteroatoms. The third-order valence-electron chi connectivity index (χ3n) is 3.17. The lowest BCUT2D eigenvalue weighted by Gasteiger charge is -2.28. The maximum atomic E-state index is 11.9. The molecule has 0 aliphatic carbocycles. The second-order valence-corrected chi connectivity index (χ2v) is 7.46. The van der Waals surface area contributed by atoms with E-state index >= 15 is 0 Å². The first-order valence-corrected chi connectivity index (χ1v) is 8.27. The number of nitrogens with one attached hydrogen (secondary N) is 1. The Labute approximate surface area is 131 Å². The summed E-state index contributed by atoms with van der Waals surface area (Å²) < 4.78 is 5.11. The van der Waals surface area contributed by atoms with E-state index in [1.54, 1.807) is 11.8 Å². The zero-order valence-electron chi connectivity index (χ0n) is 13.9. The zero-order chi connectivity index (χ0) is 16.0. The van der Waals surface area contributed by atoms with E-state index in [0.717, 1.165) is 29.3 Å². The molecule has 0 saturated carbocycles. The van der Waals surface area contributed by atoms with Gasteiger partial charge in [0.2, 0.25) is 5.91 Å². The lowest BCUT2D eigenvalue weighted by atomic mass is 9.93. The third-order valence-corrected chi connectivity index (χ3v) is 4.13. The highest BCUT2D eigenvalue weighted by molar-refractivity contribution is 7.99. The number of hydrogen-bond acceptors (Lipinski definition) is 5. The van der Waals surface area contributed by atoms with Crippen molar-refractivity contribution in [1.29, 1.82) is 0 Å². The SMILES string of the molecule is Cc1noc(C)c1CSCC(=O)NCC(C)(C)CN(C)C. The molecule has 1 aromatic heterocycles. The van der Waals surface area contributed by atoms with E-state index in [2.05, 4.69) is 29.2 Å². The normalized spacial score (nSPS) is 12.0. The number of carbonyl (C=O) groups is 1. The van der Waals surface area contributed by atoms with Crippen molar-refractivity contribution in [3.8, 4) is 0 Å². The number of rotatable bonds is 8.